The number of ether oxygens (including phenoxy) is 1. The molecular weight excluding hydrogens is 237 g/mol. The zero-order valence-corrected chi connectivity index (χ0v) is 10.3. The van der Waals surface area contributed by atoms with Gasteiger partial charge in [0.25, 0.3) is 0 Å². The molecule has 0 amide bonds. The summed E-state index contributed by atoms with van der Waals surface area (Å²) in [4.78, 5) is 7.66. The molecule has 2 rings (SSSR count). The first-order valence-electron chi connectivity index (χ1n) is 6.04. The van der Waals surface area contributed by atoms with E-state index in [2.05, 4.69) is 20.7 Å². The van der Waals surface area contributed by atoms with Gasteiger partial charge in [-0.15, -0.1) is 0 Å². The van der Waals surface area contributed by atoms with Gasteiger partial charge in [0, 0.05) is 19.3 Å². The summed E-state index contributed by atoms with van der Waals surface area (Å²) in [7, 11) is 0. The molecule has 0 aliphatic carbocycles. The molecule has 0 spiro atoms. The first-order chi connectivity index (χ1) is 8.70. The lowest BCUT2D eigenvalue weighted by Crippen LogP contribution is -2.31. The van der Waals surface area contributed by atoms with E-state index in [0.29, 0.717) is 5.92 Å². The van der Waals surface area contributed by atoms with Crippen LogP contribution in [0.5, 0.6) is 0 Å². The Kier molecular flexibility index (Phi) is 4.27. The summed E-state index contributed by atoms with van der Waals surface area (Å²) in [6.07, 6.45) is 3.05. The lowest BCUT2D eigenvalue weighted by molar-refractivity contribution is 0.0622. The van der Waals surface area contributed by atoms with Crippen LogP contribution in [0.2, 0.25) is 0 Å². The number of anilines is 2. The van der Waals surface area contributed by atoms with Crippen LogP contribution in [0.25, 0.3) is 0 Å². The molecule has 1 aromatic heterocycles. The minimum Gasteiger partial charge on any atom is -0.381 e. The van der Waals surface area contributed by atoms with Crippen LogP contribution >= 0.6 is 0 Å². The normalized spacial score (nSPS) is 18.4. The molecule has 18 heavy (non-hydrogen) atoms. The Morgan fingerprint density at radius 1 is 1.50 bits per heavy atom. The molecule has 4 N–H and O–H groups in total. The highest BCUT2D eigenvalue weighted by molar-refractivity contribution is 5.41. The van der Waals surface area contributed by atoms with E-state index in [1.165, 1.54) is 0 Å². The van der Waals surface area contributed by atoms with Crippen molar-refractivity contribution in [3.05, 3.63) is 12.0 Å². The van der Waals surface area contributed by atoms with Gasteiger partial charge in [-0.2, -0.15) is 4.98 Å². The quantitative estimate of drug-likeness (QED) is 0.552. The van der Waals surface area contributed by atoms with Gasteiger partial charge < -0.3 is 10.1 Å². The van der Waals surface area contributed by atoms with E-state index in [0.717, 1.165) is 32.3 Å². The lowest BCUT2D eigenvalue weighted by atomic mass is 9.93. The molecule has 1 aliphatic heterocycles. The highest BCUT2D eigenvalue weighted by Gasteiger charge is 2.21. The monoisotopic (exact) mass is 255 g/mol. The van der Waals surface area contributed by atoms with Gasteiger partial charge in [-0.1, -0.05) is 0 Å². The summed E-state index contributed by atoms with van der Waals surface area (Å²) >= 11 is 0. The molecule has 0 saturated carbocycles. The number of nitrogens with two attached hydrogens (primary N) is 1. The zero-order chi connectivity index (χ0) is 13.0. The summed E-state index contributed by atoms with van der Waals surface area (Å²) in [6.45, 7) is 3.55. The number of aromatic nitrogens is 2. The number of nitrogens with zero attached hydrogens (tertiary/aromatic N) is 2. The Balaban J connectivity index is 2.03. The second-order valence-electron chi connectivity index (χ2n) is 4.42. The number of nitrogens with one attached hydrogen (secondary N) is 2. The predicted octanol–water partition coefficient (Wildman–Crippen LogP) is 1.13. The van der Waals surface area contributed by atoms with E-state index in [-0.39, 0.29) is 17.8 Å². The number of halogens is 1. The molecule has 0 aromatic carbocycles. The molecule has 1 atom stereocenters. The Bertz CT molecular complexity index is 397. The van der Waals surface area contributed by atoms with Gasteiger partial charge in [-0.25, -0.2) is 15.2 Å². The maximum atomic E-state index is 13.6. The SMILES string of the molecule is CC(Nc1nc(NN)ncc1F)C1CCOCC1. The Morgan fingerprint density at radius 2 is 2.22 bits per heavy atom. The Hall–Kier alpha value is -1.47. The molecule has 0 bridgehead atoms. The van der Waals surface area contributed by atoms with Crippen molar-refractivity contribution >= 4 is 11.8 Å². The number of hydrogen-bond donors (Lipinski definition) is 3. The molecule has 1 aliphatic rings. The minimum absolute atomic E-state index is 0.129. The summed E-state index contributed by atoms with van der Waals surface area (Å²) in [6, 6.07) is 0.129. The highest BCUT2D eigenvalue weighted by atomic mass is 19.1. The van der Waals surface area contributed by atoms with E-state index in [4.69, 9.17) is 10.6 Å². The fourth-order valence-corrected chi connectivity index (χ4v) is 2.09. The van der Waals surface area contributed by atoms with Crippen molar-refractivity contribution in [1.29, 1.82) is 0 Å². The fourth-order valence-electron chi connectivity index (χ4n) is 2.09. The molecule has 6 nitrogen and oxygen atoms in total. The smallest absolute Gasteiger partial charge is 0.239 e. The van der Waals surface area contributed by atoms with E-state index in [1.807, 2.05) is 6.92 Å². The maximum absolute atomic E-state index is 13.6. The molecule has 7 heteroatoms. The molecule has 1 unspecified atom stereocenters. The van der Waals surface area contributed by atoms with Crippen molar-refractivity contribution < 1.29 is 9.13 Å². The van der Waals surface area contributed by atoms with Gasteiger partial charge in [0.05, 0.1) is 6.20 Å². The standard InChI is InChI=1S/C11H18FN5O/c1-7(8-2-4-18-5-3-8)15-10-9(12)6-14-11(16-10)17-13/h6-8H,2-5,13H2,1H3,(H2,14,15,16,17). The largest absolute Gasteiger partial charge is 0.381 e. The maximum Gasteiger partial charge on any atom is 0.239 e. The third kappa shape index (κ3) is 3.05. The van der Waals surface area contributed by atoms with Gasteiger partial charge in [0.15, 0.2) is 11.6 Å². The molecular formula is C11H18FN5O. The highest BCUT2D eigenvalue weighted by Crippen LogP contribution is 2.22. The Morgan fingerprint density at radius 3 is 2.89 bits per heavy atom. The van der Waals surface area contributed by atoms with E-state index in [1.54, 1.807) is 0 Å². The van der Waals surface area contributed by atoms with Crippen LogP contribution in [0, 0.1) is 11.7 Å². The van der Waals surface area contributed by atoms with Crippen molar-refractivity contribution in [1.82, 2.24) is 9.97 Å². The average molecular weight is 255 g/mol. The van der Waals surface area contributed by atoms with Crippen LogP contribution in [0.1, 0.15) is 19.8 Å². The van der Waals surface area contributed by atoms with Gasteiger partial charge in [-0.3, -0.25) is 5.43 Å². The van der Waals surface area contributed by atoms with Crippen LogP contribution < -0.4 is 16.6 Å². The summed E-state index contributed by atoms with van der Waals surface area (Å²) in [5, 5.41) is 3.08. The second kappa shape index (κ2) is 5.92. The van der Waals surface area contributed by atoms with E-state index >= 15 is 0 Å². The molecule has 1 aromatic rings. The molecule has 100 valence electrons. The lowest BCUT2D eigenvalue weighted by Gasteiger charge is -2.28. The number of nitrogen functional groups attached to an aromatic ring is 1. The Labute approximate surface area is 105 Å². The summed E-state index contributed by atoms with van der Waals surface area (Å²) < 4.78 is 18.9. The van der Waals surface area contributed by atoms with Crippen LogP contribution in [-0.2, 0) is 4.74 Å². The van der Waals surface area contributed by atoms with Gasteiger partial charge in [0.1, 0.15) is 0 Å². The minimum atomic E-state index is -0.479. The molecule has 1 fully saturated rings. The van der Waals surface area contributed by atoms with Crippen molar-refractivity contribution in [3.63, 3.8) is 0 Å². The van der Waals surface area contributed by atoms with Crippen molar-refractivity contribution in [2.75, 3.05) is 24.0 Å². The van der Waals surface area contributed by atoms with Gasteiger partial charge in [0.2, 0.25) is 5.95 Å². The fraction of sp³-hybridized carbons (Fsp3) is 0.636. The van der Waals surface area contributed by atoms with Crippen molar-refractivity contribution in [2.45, 2.75) is 25.8 Å². The topological polar surface area (TPSA) is 85.1 Å². The molecule has 2 heterocycles. The van der Waals surface area contributed by atoms with E-state index < -0.39 is 5.82 Å². The van der Waals surface area contributed by atoms with Crippen LogP contribution in [-0.4, -0.2) is 29.2 Å². The summed E-state index contributed by atoms with van der Waals surface area (Å²) in [5.74, 6) is 5.55. The number of rotatable bonds is 4. The van der Waals surface area contributed by atoms with Gasteiger partial charge in [-0.05, 0) is 25.7 Å². The first kappa shape index (κ1) is 13.0. The zero-order valence-electron chi connectivity index (χ0n) is 10.3. The second-order valence-corrected chi connectivity index (χ2v) is 4.42. The third-order valence-corrected chi connectivity index (χ3v) is 3.21. The van der Waals surface area contributed by atoms with Crippen molar-refractivity contribution in [3.8, 4) is 0 Å². The average Bonchev–Trinajstić information content (AvgIpc) is 2.42. The van der Waals surface area contributed by atoms with Gasteiger partial charge >= 0.3 is 0 Å². The van der Waals surface area contributed by atoms with Crippen LogP contribution in [0.4, 0.5) is 16.2 Å². The van der Waals surface area contributed by atoms with Crippen LogP contribution in [0.3, 0.4) is 0 Å². The third-order valence-electron chi connectivity index (χ3n) is 3.21. The van der Waals surface area contributed by atoms with Crippen LogP contribution in [0.15, 0.2) is 6.20 Å². The van der Waals surface area contributed by atoms with E-state index in [9.17, 15) is 4.39 Å². The molecule has 1 saturated heterocycles. The number of hydrazine groups is 1. The first-order valence-corrected chi connectivity index (χ1v) is 6.04. The van der Waals surface area contributed by atoms with Crippen molar-refractivity contribution in [2.24, 2.45) is 11.8 Å². The predicted molar refractivity (Wildman–Crippen MR) is 66.4 cm³/mol. The number of hydrogen-bond acceptors (Lipinski definition) is 6. The summed E-state index contributed by atoms with van der Waals surface area (Å²) in [5.41, 5.74) is 2.30. The molecule has 0 radical (unpaired) electrons.